The van der Waals surface area contributed by atoms with Crippen molar-refractivity contribution in [3.63, 3.8) is 0 Å². The fourth-order valence-electron chi connectivity index (χ4n) is 2.46. The molecular weight excluding hydrogens is 338 g/mol. The average molecular weight is 357 g/mol. The molecule has 2 aromatic rings. The van der Waals surface area contributed by atoms with Crippen LogP contribution in [0.15, 0.2) is 59.5 Å². The zero-order valence-corrected chi connectivity index (χ0v) is 14.6. The molecule has 0 aliphatic heterocycles. The molecule has 25 heavy (non-hydrogen) atoms. The first kappa shape index (κ1) is 17.4. The van der Waals surface area contributed by atoms with Crippen molar-refractivity contribution in [1.82, 2.24) is 5.32 Å². The summed E-state index contributed by atoms with van der Waals surface area (Å²) in [6.07, 6.45) is 2.35. The SMILES string of the molecule is C[S@](=O)c1ccccc1C(=O)O[C@H](C(=O)NC1CC1)c1ccccc1. The second kappa shape index (κ2) is 7.61. The molecule has 1 aliphatic carbocycles. The number of esters is 1. The summed E-state index contributed by atoms with van der Waals surface area (Å²) in [4.78, 5) is 25.5. The smallest absolute Gasteiger partial charge is 0.340 e. The van der Waals surface area contributed by atoms with E-state index in [1.165, 1.54) is 6.26 Å². The van der Waals surface area contributed by atoms with E-state index < -0.39 is 22.9 Å². The molecule has 6 heteroatoms. The van der Waals surface area contributed by atoms with Gasteiger partial charge >= 0.3 is 5.97 Å². The van der Waals surface area contributed by atoms with Crippen molar-refractivity contribution >= 4 is 22.7 Å². The van der Waals surface area contributed by atoms with Gasteiger partial charge in [-0.1, -0.05) is 42.5 Å². The van der Waals surface area contributed by atoms with Crippen molar-refractivity contribution in [2.24, 2.45) is 0 Å². The minimum absolute atomic E-state index is 0.160. The van der Waals surface area contributed by atoms with E-state index in [0.29, 0.717) is 10.5 Å². The molecule has 0 radical (unpaired) electrons. The van der Waals surface area contributed by atoms with Crippen molar-refractivity contribution < 1.29 is 18.5 Å². The monoisotopic (exact) mass is 357 g/mol. The first-order valence-electron chi connectivity index (χ1n) is 8.05. The van der Waals surface area contributed by atoms with Crippen LogP contribution in [-0.4, -0.2) is 28.4 Å². The minimum atomic E-state index is -1.33. The molecule has 3 rings (SSSR count). The molecule has 2 aromatic carbocycles. The lowest BCUT2D eigenvalue weighted by molar-refractivity contribution is -0.130. The van der Waals surface area contributed by atoms with Crippen LogP contribution in [0.4, 0.5) is 0 Å². The summed E-state index contributed by atoms with van der Waals surface area (Å²) >= 11 is 0. The van der Waals surface area contributed by atoms with Gasteiger partial charge in [0.25, 0.3) is 5.91 Å². The number of hydrogen-bond acceptors (Lipinski definition) is 4. The number of hydrogen-bond donors (Lipinski definition) is 1. The predicted molar refractivity (Wildman–Crippen MR) is 94.5 cm³/mol. The largest absolute Gasteiger partial charge is 0.444 e. The summed E-state index contributed by atoms with van der Waals surface area (Å²) in [5.74, 6) is -0.997. The number of rotatable bonds is 6. The maximum absolute atomic E-state index is 12.6. The standard InChI is InChI=1S/C19H19NO4S/c1-25(23)16-10-6-5-9-15(16)19(22)24-17(13-7-3-2-4-8-13)18(21)20-14-11-12-14/h2-10,14,17H,11-12H2,1H3,(H,20,21)/t17-,25-/m0/s1. The van der Waals surface area contributed by atoms with Gasteiger partial charge in [-0.2, -0.15) is 0 Å². The molecule has 1 saturated carbocycles. The lowest BCUT2D eigenvalue weighted by atomic mass is 10.1. The number of carbonyl (C=O) groups excluding carboxylic acids is 2. The fraction of sp³-hybridized carbons (Fsp3) is 0.263. The Hall–Kier alpha value is -2.47. The van der Waals surface area contributed by atoms with E-state index in [1.54, 1.807) is 48.5 Å². The van der Waals surface area contributed by atoms with Gasteiger partial charge in [0.15, 0.2) is 0 Å². The molecule has 1 amide bonds. The first-order chi connectivity index (χ1) is 12.1. The Morgan fingerprint density at radius 2 is 1.72 bits per heavy atom. The van der Waals surface area contributed by atoms with Gasteiger partial charge in [0.1, 0.15) is 0 Å². The van der Waals surface area contributed by atoms with Crippen molar-refractivity contribution in [3.8, 4) is 0 Å². The predicted octanol–water partition coefficient (Wildman–Crippen LogP) is 2.60. The third kappa shape index (κ3) is 4.33. The maximum atomic E-state index is 12.6. The number of amides is 1. The van der Waals surface area contributed by atoms with Crippen LogP contribution in [-0.2, 0) is 20.3 Å². The fourth-order valence-corrected chi connectivity index (χ4v) is 3.19. The van der Waals surface area contributed by atoms with E-state index in [1.807, 2.05) is 6.07 Å². The van der Waals surface area contributed by atoms with Crippen LogP contribution < -0.4 is 5.32 Å². The maximum Gasteiger partial charge on any atom is 0.340 e. The molecule has 0 unspecified atom stereocenters. The molecule has 0 spiro atoms. The lowest BCUT2D eigenvalue weighted by Gasteiger charge is -2.18. The first-order valence-corrected chi connectivity index (χ1v) is 9.61. The number of carbonyl (C=O) groups is 2. The minimum Gasteiger partial charge on any atom is -0.444 e. The number of ether oxygens (including phenoxy) is 1. The van der Waals surface area contributed by atoms with Gasteiger partial charge < -0.3 is 10.1 Å². The van der Waals surface area contributed by atoms with Gasteiger partial charge in [-0.25, -0.2) is 4.79 Å². The van der Waals surface area contributed by atoms with Crippen molar-refractivity contribution in [2.75, 3.05) is 6.26 Å². The second-order valence-electron chi connectivity index (χ2n) is 5.93. The van der Waals surface area contributed by atoms with Crippen LogP contribution in [0.25, 0.3) is 0 Å². The zero-order valence-electron chi connectivity index (χ0n) is 13.8. The third-order valence-corrected chi connectivity index (χ3v) is 4.88. The van der Waals surface area contributed by atoms with Crippen LogP contribution >= 0.6 is 0 Å². The highest BCUT2D eigenvalue weighted by molar-refractivity contribution is 7.84. The summed E-state index contributed by atoms with van der Waals surface area (Å²) in [6.45, 7) is 0. The Morgan fingerprint density at radius 1 is 1.08 bits per heavy atom. The molecule has 1 fully saturated rings. The molecule has 1 aliphatic rings. The van der Waals surface area contributed by atoms with Gasteiger partial charge in [0.05, 0.1) is 21.3 Å². The molecule has 0 heterocycles. The summed E-state index contributed by atoms with van der Waals surface area (Å²) in [7, 11) is -1.33. The quantitative estimate of drug-likeness (QED) is 0.807. The Bertz CT molecular complexity index is 802. The highest BCUT2D eigenvalue weighted by Gasteiger charge is 2.31. The van der Waals surface area contributed by atoms with E-state index in [2.05, 4.69) is 5.32 Å². The van der Waals surface area contributed by atoms with Crippen LogP contribution in [0.1, 0.15) is 34.9 Å². The average Bonchev–Trinajstić information content (AvgIpc) is 3.44. The zero-order chi connectivity index (χ0) is 17.8. The van der Waals surface area contributed by atoms with E-state index >= 15 is 0 Å². The Morgan fingerprint density at radius 3 is 2.36 bits per heavy atom. The van der Waals surface area contributed by atoms with Crippen molar-refractivity contribution in [3.05, 3.63) is 65.7 Å². The van der Waals surface area contributed by atoms with E-state index in [4.69, 9.17) is 4.74 Å². The third-order valence-electron chi connectivity index (χ3n) is 3.91. The highest BCUT2D eigenvalue weighted by Crippen LogP contribution is 2.25. The van der Waals surface area contributed by atoms with Gasteiger partial charge in [-0.05, 0) is 25.0 Å². The molecule has 130 valence electrons. The lowest BCUT2D eigenvalue weighted by Crippen LogP contribution is -2.33. The summed E-state index contributed by atoms with van der Waals surface area (Å²) < 4.78 is 17.4. The molecule has 1 N–H and O–H groups in total. The topological polar surface area (TPSA) is 72.5 Å². The Labute approximate surface area is 148 Å². The highest BCUT2D eigenvalue weighted by atomic mass is 32.2. The van der Waals surface area contributed by atoms with Crippen LogP contribution in [0.3, 0.4) is 0 Å². The molecule has 0 saturated heterocycles. The molecule has 2 atom stereocenters. The van der Waals surface area contributed by atoms with Gasteiger partial charge in [0.2, 0.25) is 6.10 Å². The van der Waals surface area contributed by atoms with Gasteiger partial charge in [-0.15, -0.1) is 0 Å². The van der Waals surface area contributed by atoms with Crippen LogP contribution in [0.2, 0.25) is 0 Å². The van der Waals surface area contributed by atoms with E-state index in [9.17, 15) is 13.8 Å². The van der Waals surface area contributed by atoms with E-state index in [0.717, 1.165) is 12.8 Å². The van der Waals surface area contributed by atoms with E-state index in [-0.39, 0.29) is 17.5 Å². The summed E-state index contributed by atoms with van der Waals surface area (Å²) in [6, 6.07) is 15.6. The molecule has 5 nitrogen and oxygen atoms in total. The molecule has 0 bridgehead atoms. The normalized spacial score (nSPS) is 15.9. The Kier molecular flexibility index (Phi) is 5.28. The molecular formula is C19H19NO4S. The van der Waals surface area contributed by atoms with Crippen molar-refractivity contribution in [1.29, 1.82) is 0 Å². The Balaban J connectivity index is 1.86. The molecule has 0 aromatic heterocycles. The second-order valence-corrected chi connectivity index (χ2v) is 7.28. The van der Waals surface area contributed by atoms with Gasteiger partial charge in [-0.3, -0.25) is 9.00 Å². The number of nitrogens with one attached hydrogen (secondary N) is 1. The van der Waals surface area contributed by atoms with Gasteiger partial charge in [0, 0.05) is 17.9 Å². The summed E-state index contributed by atoms with van der Waals surface area (Å²) in [5.41, 5.74) is 0.813. The van der Waals surface area contributed by atoms with Crippen molar-refractivity contribution in [2.45, 2.75) is 29.9 Å². The summed E-state index contributed by atoms with van der Waals surface area (Å²) in [5, 5.41) is 2.87. The number of benzene rings is 2. The van der Waals surface area contributed by atoms with Crippen LogP contribution in [0, 0.1) is 0 Å². The van der Waals surface area contributed by atoms with Crippen LogP contribution in [0.5, 0.6) is 0 Å².